The monoisotopic (exact) mass is 437 g/mol. The third-order valence-corrected chi connectivity index (χ3v) is 5.57. The van der Waals surface area contributed by atoms with E-state index in [0.29, 0.717) is 12.4 Å². The molecular weight excluding hydrogens is 414 g/mol. The van der Waals surface area contributed by atoms with Crippen LogP contribution in [0.4, 0.5) is 5.69 Å². The number of halogens is 1. The molecule has 0 radical (unpaired) electrons. The van der Waals surface area contributed by atoms with Gasteiger partial charge in [-0.1, -0.05) is 22.9 Å². The predicted octanol–water partition coefficient (Wildman–Crippen LogP) is 4.82. The Morgan fingerprint density at radius 2 is 2.19 bits per heavy atom. The van der Waals surface area contributed by atoms with Crippen molar-refractivity contribution >= 4 is 49.9 Å². The van der Waals surface area contributed by atoms with Crippen molar-refractivity contribution in [3.63, 3.8) is 0 Å². The molecule has 0 spiro atoms. The molecule has 1 fully saturated rings. The van der Waals surface area contributed by atoms with E-state index in [9.17, 15) is 5.11 Å². The molecule has 1 aliphatic carbocycles. The van der Waals surface area contributed by atoms with Gasteiger partial charge in [-0.15, -0.1) is 10.2 Å². The number of aromatic nitrogens is 1. The Morgan fingerprint density at radius 3 is 2.81 bits per heavy atom. The maximum Gasteiger partial charge on any atom is 0.221 e. The molecule has 2 aromatic rings. The lowest BCUT2D eigenvalue weighted by Gasteiger charge is -2.23. The van der Waals surface area contributed by atoms with Gasteiger partial charge in [0.25, 0.3) is 0 Å². The van der Waals surface area contributed by atoms with Crippen molar-refractivity contribution in [2.24, 2.45) is 21.9 Å². The quantitative estimate of drug-likeness (QED) is 0.480. The number of azo groups is 1. The number of fused-ring (bicyclic) bond motifs is 1. The summed E-state index contributed by atoms with van der Waals surface area (Å²) >= 11 is 8.38. The molecule has 8 heteroatoms. The van der Waals surface area contributed by atoms with E-state index in [0.717, 1.165) is 46.4 Å². The second kappa shape index (κ2) is 8.02. The summed E-state index contributed by atoms with van der Waals surface area (Å²) in [4.78, 5) is 2.39. The van der Waals surface area contributed by atoms with Crippen molar-refractivity contribution in [1.82, 2.24) is 9.47 Å². The minimum Gasteiger partial charge on any atom is -0.493 e. The number of hydrogen-bond acceptors (Lipinski definition) is 4. The van der Waals surface area contributed by atoms with Crippen LogP contribution in [0.5, 0.6) is 5.88 Å². The van der Waals surface area contributed by atoms with E-state index in [4.69, 9.17) is 18.0 Å². The average molecular weight is 438 g/mol. The van der Waals surface area contributed by atoms with E-state index in [2.05, 4.69) is 38.0 Å². The Hall–Kier alpha value is -1.51. The molecule has 1 aliphatic rings. The molecule has 1 aromatic carbocycles. The predicted molar refractivity (Wildman–Crippen MR) is 112 cm³/mol. The molecule has 6 nitrogen and oxygen atoms in total. The van der Waals surface area contributed by atoms with Crippen LogP contribution in [-0.2, 0) is 6.67 Å². The number of aryl methyl sites for hydroxylation is 1. The van der Waals surface area contributed by atoms with E-state index in [1.54, 1.807) is 0 Å². The third kappa shape index (κ3) is 4.24. The molecule has 0 unspecified atom stereocenters. The lowest BCUT2D eigenvalue weighted by molar-refractivity contribution is 0.203. The van der Waals surface area contributed by atoms with Crippen LogP contribution >= 0.6 is 28.1 Å². The first kappa shape index (κ1) is 19.3. The van der Waals surface area contributed by atoms with Crippen LogP contribution in [-0.4, -0.2) is 32.8 Å². The van der Waals surface area contributed by atoms with Crippen LogP contribution in [0.3, 0.4) is 0 Å². The Bertz CT molecular complexity index is 859. The highest BCUT2D eigenvalue weighted by molar-refractivity contribution is 9.10. The first-order valence-electron chi connectivity index (χ1n) is 8.85. The number of nitrogens with zero attached hydrogens (tertiary/aromatic N) is 4. The second-order valence-corrected chi connectivity index (χ2v) is 8.19. The highest BCUT2D eigenvalue weighted by atomic mass is 79.9. The molecule has 0 atom stereocenters. The fourth-order valence-corrected chi connectivity index (χ4v) is 3.56. The molecule has 1 heterocycles. The van der Waals surface area contributed by atoms with Crippen molar-refractivity contribution in [1.29, 1.82) is 0 Å². The fourth-order valence-electron chi connectivity index (χ4n) is 3.19. The molecule has 3 rings (SSSR count). The summed E-state index contributed by atoms with van der Waals surface area (Å²) in [6.07, 6.45) is 3.68. The van der Waals surface area contributed by atoms with Crippen LogP contribution < -0.4 is 5.73 Å². The molecule has 0 aliphatic heterocycles. The van der Waals surface area contributed by atoms with Gasteiger partial charge in [-0.05, 0) is 68.6 Å². The zero-order valence-corrected chi connectivity index (χ0v) is 17.5. The number of thiocarbonyl (C=S) groups is 1. The number of benzene rings is 1. The number of aromatic hydroxyl groups is 1. The van der Waals surface area contributed by atoms with Crippen LogP contribution in [0, 0.1) is 12.8 Å². The van der Waals surface area contributed by atoms with Gasteiger partial charge >= 0.3 is 0 Å². The van der Waals surface area contributed by atoms with E-state index < -0.39 is 0 Å². The second-order valence-electron chi connectivity index (χ2n) is 6.92. The van der Waals surface area contributed by atoms with Gasteiger partial charge < -0.3 is 10.8 Å². The number of rotatable bonds is 7. The van der Waals surface area contributed by atoms with Gasteiger partial charge in [0.2, 0.25) is 11.0 Å². The normalized spacial score (nSPS) is 14.8. The Kier molecular flexibility index (Phi) is 5.94. The Balaban J connectivity index is 2.06. The Labute approximate surface area is 167 Å². The van der Waals surface area contributed by atoms with Gasteiger partial charge in [-0.3, -0.25) is 9.47 Å². The van der Waals surface area contributed by atoms with Gasteiger partial charge in [0, 0.05) is 16.4 Å². The van der Waals surface area contributed by atoms with Crippen molar-refractivity contribution in [3.05, 3.63) is 22.2 Å². The fraction of sp³-hybridized carbons (Fsp3) is 0.500. The van der Waals surface area contributed by atoms with Gasteiger partial charge in [0.15, 0.2) is 5.69 Å². The average Bonchev–Trinajstić information content (AvgIpc) is 3.35. The summed E-state index contributed by atoms with van der Waals surface area (Å²) in [7, 11) is 0. The van der Waals surface area contributed by atoms with Crippen molar-refractivity contribution in [2.75, 3.05) is 13.1 Å². The Morgan fingerprint density at radius 1 is 1.46 bits per heavy atom. The van der Waals surface area contributed by atoms with Crippen LogP contribution in [0.1, 0.15) is 31.7 Å². The zero-order valence-electron chi connectivity index (χ0n) is 15.1. The molecule has 0 bridgehead atoms. The molecule has 1 saturated carbocycles. The highest BCUT2D eigenvalue weighted by Crippen LogP contribution is 2.41. The molecule has 26 heavy (non-hydrogen) atoms. The third-order valence-electron chi connectivity index (χ3n) is 4.63. The molecule has 0 amide bonds. The van der Waals surface area contributed by atoms with E-state index in [-0.39, 0.29) is 11.0 Å². The summed E-state index contributed by atoms with van der Waals surface area (Å²) in [5, 5.41) is 19.5. The zero-order chi connectivity index (χ0) is 18.8. The molecule has 3 N–H and O–H groups in total. The number of nitrogens with two attached hydrogens (primary N) is 1. The van der Waals surface area contributed by atoms with Crippen molar-refractivity contribution < 1.29 is 5.11 Å². The first-order chi connectivity index (χ1) is 12.4. The van der Waals surface area contributed by atoms with E-state index in [1.165, 1.54) is 12.8 Å². The highest BCUT2D eigenvalue weighted by Gasteiger charge is 2.26. The van der Waals surface area contributed by atoms with Crippen LogP contribution in [0.15, 0.2) is 26.8 Å². The van der Waals surface area contributed by atoms with Crippen molar-refractivity contribution in [2.45, 2.75) is 39.8 Å². The van der Waals surface area contributed by atoms with Gasteiger partial charge in [0.1, 0.15) is 0 Å². The van der Waals surface area contributed by atoms with Crippen molar-refractivity contribution in [3.8, 4) is 5.88 Å². The number of hydrogen-bond donors (Lipinski definition) is 2. The molecule has 1 aromatic heterocycles. The van der Waals surface area contributed by atoms with Crippen LogP contribution in [0.25, 0.3) is 10.9 Å². The van der Waals surface area contributed by atoms with Crippen LogP contribution in [0.2, 0.25) is 0 Å². The summed E-state index contributed by atoms with van der Waals surface area (Å²) in [6, 6.07) is 4.01. The van der Waals surface area contributed by atoms with E-state index >= 15 is 0 Å². The minimum absolute atomic E-state index is 0.0551. The lowest BCUT2D eigenvalue weighted by atomic mass is 10.1. The molecule has 140 valence electrons. The molecule has 0 saturated heterocycles. The topological polar surface area (TPSA) is 79.1 Å². The molecular formula is C18H24BrN5OS. The summed E-state index contributed by atoms with van der Waals surface area (Å²) in [6.45, 7) is 6.85. The van der Waals surface area contributed by atoms with Gasteiger partial charge in [-0.25, -0.2) is 0 Å². The largest absolute Gasteiger partial charge is 0.493 e. The lowest BCUT2D eigenvalue weighted by Crippen LogP contribution is -2.29. The SMILES string of the molecule is CCCN(CC1CC1)Cn1c(O)c(N=NC(N)=S)c2cc(C)c(Br)cc21. The summed E-state index contributed by atoms with van der Waals surface area (Å²) in [5.41, 5.74) is 7.82. The van der Waals surface area contributed by atoms with Gasteiger partial charge in [-0.2, -0.15) is 0 Å². The maximum atomic E-state index is 10.9. The van der Waals surface area contributed by atoms with Gasteiger partial charge in [0.05, 0.1) is 12.2 Å². The minimum atomic E-state index is -0.0551. The maximum absolute atomic E-state index is 10.9. The standard InChI is InChI=1S/C18H24BrN5OS/c1-3-6-23(9-12-4-5-12)10-24-15-8-14(19)11(2)7-13(15)16(17(24)25)21-22-18(20)26/h7-8,12,25H,3-6,9-10H2,1-2H3,(H2,20,26). The summed E-state index contributed by atoms with van der Waals surface area (Å²) < 4.78 is 2.89. The first-order valence-corrected chi connectivity index (χ1v) is 10.1. The smallest absolute Gasteiger partial charge is 0.221 e. The van der Waals surface area contributed by atoms with E-state index in [1.807, 2.05) is 23.6 Å². The summed E-state index contributed by atoms with van der Waals surface area (Å²) in [5.74, 6) is 0.877.